The summed E-state index contributed by atoms with van der Waals surface area (Å²) in [6, 6.07) is 17.6. The second-order valence-electron chi connectivity index (χ2n) is 6.78. The molecule has 0 bridgehead atoms. The third-order valence-electron chi connectivity index (χ3n) is 4.70. The zero-order chi connectivity index (χ0) is 20.3. The number of rotatable bonds is 6. The Morgan fingerprint density at radius 3 is 1.89 bits per heavy atom. The summed E-state index contributed by atoms with van der Waals surface area (Å²) in [5, 5.41) is 0. The molecular weight excluding hydrogens is 355 g/mol. The fraction of sp³-hybridized carbons (Fsp3) is 0.167. The van der Waals surface area contributed by atoms with Crippen LogP contribution in [-0.4, -0.2) is 17.7 Å². The van der Waals surface area contributed by atoms with E-state index in [0.29, 0.717) is 22.4 Å². The molecule has 0 N–H and O–H groups in total. The molecule has 3 nitrogen and oxygen atoms in total. The molecule has 4 heteroatoms. The van der Waals surface area contributed by atoms with Gasteiger partial charge in [-0.3, -0.25) is 9.59 Å². The van der Waals surface area contributed by atoms with Gasteiger partial charge in [-0.2, -0.15) is 0 Å². The van der Waals surface area contributed by atoms with E-state index in [2.05, 4.69) is 0 Å². The van der Waals surface area contributed by atoms with E-state index in [1.807, 2.05) is 26.0 Å². The molecule has 0 fully saturated rings. The van der Waals surface area contributed by atoms with Crippen molar-refractivity contribution in [3.8, 4) is 5.75 Å². The lowest BCUT2D eigenvalue weighted by molar-refractivity contribution is 0.0817. The summed E-state index contributed by atoms with van der Waals surface area (Å²) < 4.78 is 18.7. The first-order chi connectivity index (χ1) is 13.3. The highest BCUT2D eigenvalue weighted by molar-refractivity contribution is 6.09. The van der Waals surface area contributed by atoms with Crippen LogP contribution >= 0.6 is 0 Å². The van der Waals surface area contributed by atoms with E-state index in [0.717, 1.165) is 11.1 Å². The highest BCUT2D eigenvalue weighted by Gasteiger charge is 2.18. The number of aryl methyl sites for hydroxylation is 2. The van der Waals surface area contributed by atoms with Crippen molar-refractivity contribution in [1.82, 2.24) is 0 Å². The van der Waals surface area contributed by atoms with Crippen molar-refractivity contribution < 1.29 is 18.7 Å². The molecule has 0 unspecified atom stereocenters. The Morgan fingerprint density at radius 1 is 0.786 bits per heavy atom. The molecule has 0 aliphatic heterocycles. The van der Waals surface area contributed by atoms with Gasteiger partial charge in [0.1, 0.15) is 11.6 Å². The molecule has 0 saturated heterocycles. The third kappa shape index (κ3) is 4.34. The normalized spacial score (nSPS) is 11.7. The molecule has 0 saturated carbocycles. The Morgan fingerprint density at radius 2 is 1.32 bits per heavy atom. The van der Waals surface area contributed by atoms with Gasteiger partial charge in [-0.05, 0) is 86.5 Å². The second kappa shape index (κ2) is 8.17. The number of benzene rings is 3. The summed E-state index contributed by atoms with van der Waals surface area (Å²) in [7, 11) is 0. The smallest absolute Gasteiger partial charge is 0.203 e. The van der Waals surface area contributed by atoms with E-state index < -0.39 is 6.10 Å². The summed E-state index contributed by atoms with van der Waals surface area (Å²) in [4.78, 5) is 25.0. The van der Waals surface area contributed by atoms with Gasteiger partial charge in [0.15, 0.2) is 11.9 Å². The molecule has 28 heavy (non-hydrogen) atoms. The first kappa shape index (κ1) is 19.5. The maximum Gasteiger partial charge on any atom is 0.203 e. The van der Waals surface area contributed by atoms with Crippen LogP contribution in [0.5, 0.6) is 5.75 Å². The molecule has 0 spiro atoms. The zero-order valence-corrected chi connectivity index (χ0v) is 16.0. The summed E-state index contributed by atoms with van der Waals surface area (Å²) in [5.41, 5.74) is 3.67. The number of carbonyl (C=O) groups is 2. The van der Waals surface area contributed by atoms with Crippen LogP contribution in [0.2, 0.25) is 0 Å². The molecule has 0 amide bonds. The van der Waals surface area contributed by atoms with Gasteiger partial charge in [0, 0.05) is 16.7 Å². The quantitative estimate of drug-likeness (QED) is 0.547. The topological polar surface area (TPSA) is 43.4 Å². The SMILES string of the molecule is Cc1ccc(C(=O)[C@@H](C)Oc2ccc(C(=O)c3ccc(F)cc3)cc2)cc1C. The predicted molar refractivity (Wildman–Crippen MR) is 107 cm³/mol. The van der Waals surface area contributed by atoms with Crippen LogP contribution in [0, 0.1) is 19.7 Å². The molecule has 142 valence electrons. The second-order valence-corrected chi connectivity index (χ2v) is 6.78. The number of hydrogen-bond acceptors (Lipinski definition) is 3. The molecule has 0 aliphatic carbocycles. The highest BCUT2D eigenvalue weighted by Crippen LogP contribution is 2.19. The minimum Gasteiger partial charge on any atom is -0.483 e. The van der Waals surface area contributed by atoms with Crippen molar-refractivity contribution in [2.24, 2.45) is 0 Å². The maximum absolute atomic E-state index is 13.0. The Labute approximate surface area is 163 Å². The van der Waals surface area contributed by atoms with Crippen LogP contribution in [-0.2, 0) is 0 Å². The lowest BCUT2D eigenvalue weighted by Gasteiger charge is -2.15. The fourth-order valence-electron chi connectivity index (χ4n) is 2.84. The molecule has 3 aromatic rings. The van der Waals surface area contributed by atoms with E-state index >= 15 is 0 Å². The van der Waals surface area contributed by atoms with Crippen LogP contribution in [0.25, 0.3) is 0 Å². The van der Waals surface area contributed by atoms with Crippen LogP contribution in [0.3, 0.4) is 0 Å². The van der Waals surface area contributed by atoms with Crippen molar-refractivity contribution >= 4 is 11.6 Å². The Balaban J connectivity index is 1.69. The number of halogens is 1. The number of hydrogen-bond donors (Lipinski definition) is 0. The summed E-state index contributed by atoms with van der Waals surface area (Å²) in [6.45, 7) is 5.67. The van der Waals surface area contributed by atoms with Crippen molar-refractivity contribution in [1.29, 1.82) is 0 Å². The third-order valence-corrected chi connectivity index (χ3v) is 4.70. The highest BCUT2D eigenvalue weighted by atomic mass is 19.1. The molecule has 0 aromatic heterocycles. The van der Waals surface area contributed by atoms with E-state index in [1.54, 1.807) is 37.3 Å². The van der Waals surface area contributed by atoms with Crippen molar-refractivity contribution in [3.63, 3.8) is 0 Å². The van der Waals surface area contributed by atoms with E-state index in [-0.39, 0.29) is 17.4 Å². The molecule has 0 aliphatic rings. The minimum atomic E-state index is -0.652. The monoisotopic (exact) mass is 376 g/mol. The van der Waals surface area contributed by atoms with Crippen LogP contribution < -0.4 is 4.74 Å². The standard InChI is InChI=1S/C24H21FO3/c1-15-4-5-20(14-16(15)2)23(26)17(3)28-22-12-8-19(9-13-22)24(27)18-6-10-21(25)11-7-18/h4-14,17H,1-3H3/t17-/m1/s1. The van der Waals surface area contributed by atoms with Gasteiger partial charge in [0.05, 0.1) is 0 Å². The Kier molecular flexibility index (Phi) is 5.69. The van der Waals surface area contributed by atoms with Gasteiger partial charge >= 0.3 is 0 Å². The molecular formula is C24H21FO3. The van der Waals surface area contributed by atoms with Crippen LogP contribution in [0.4, 0.5) is 4.39 Å². The summed E-state index contributed by atoms with van der Waals surface area (Å²) in [5.74, 6) is -0.191. The molecule has 0 radical (unpaired) electrons. The van der Waals surface area contributed by atoms with Crippen LogP contribution in [0.1, 0.15) is 44.3 Å². The fourth-order valence-corrected chi connectivity index (χ4v) is 2.84. The number of ketones is 2. The van der Waals surface area contributed by atoms with Gasteiger partial charge in [0.25, 0.3) is 0 Å². The lowest BCUT2D eigenvalue weighted by atomic mass is 10.0. The number of carbonyl (C=O) groups excluding carboxylic acids is 2. The van der Waals surface area contributed by atoms with E-state index in [4.69, 9.17) is 4.74 Å². The van der Waals surface area contributed by atoms with Crippen LogP contribution in [0.15, 0.2) is 66.7 Å². The number of ether oxygens (including phenoxy) is 1. The largest absolute Gasteiger partial charge is 0.483 e. The van der Waals surface area contributed by atoms with Crippen molar-refractivity contribution in [2.45, 2.75) is 26.9 Å². The molecule has 1 atom stereocenters. The predicted octanol–water partition coefficient (Wildman–Crippen LogP) is 5.32. The summed E-state index contributed by atoms with van der Waals surface area (Å²) in [6.07, 6.45) is -0.652. The van der Waals surface area contributed by atoms with Gasteiger partial charge in [-0.25, -0.2) is 4.39 Å². The zero-order valence-electron chi connectivity index (χ0n) is 16.0. The number of Topliss-reactive ketones (excluding diaryl/α,β-unsaturated/α-hetero) is 1. The average molecular weight is 376 g/mol. The Bertz CT molecular complexity index is 1010. The van der Waals surface area contributed by atoms with Gasteiger partial charge < -0.3 is 4.74 Å². The Hall–Kier alpha value is -3.27. The van der Waals surface area contributed by atoms with Gasteiger partial charge in [-0.1, -0.05) is 12.1 Å². The minimum absolute atomic E-state index is 0.102. The first-order valence-electron chi connectivity index (χ1n) is 9.03. The molecule has 3 rings (SSSR count). The first-order valence-corrected chi connectivity index (χ1v) is 9.03. The maximum atomic E-state index is 13.0. The van der Waals surface area contributed by atoms with E-state index in [1.165, 1.54) is 24.3 Å². The van der Waals surface area contributed by atoms with Gasteiger partial charge in [-0.15, -0.1) is 0 Å². The molecule has 3 aromatic carbocycles. The molecule has 0 heterocycles. The van der Waals surface area contributed by atoms with Crippen molar-refractivity contribution in [3.05, 3.63) is 100 Å². The van der Waals surface area contributed by atoms with Crippen molar-refractivity contribution in [2.75, 3.05) is 0 Å². The lowest BCUT2D eigenvalue weighted by Crippen LogP contribution is -2.24. The summed E-state index contributed by atoms with van der Waals surface area (Å²) >= 11 is 0. The van der Waals surface area contributed by atoms with Gasteiger partial charge in [0.2, 0.25) is 5.78 Å². The van der Waals surface area contributed by atoms with E-state index in [9.17, 15) is 14.0 Å². The average Bonchev–Trinajstić information content (AvgIpc) is 2.70.